The quantitative estimate of drug-likeness (QED) is 0.454. The maximum Gasteiger partial charge on any atom is 0.306 e. The molecule has 0 fully saturated rings. The van der Waals surface area contributed by atoms with Crippen LogP contribution in [0.4, 0.5) is 0 Å². The Kier molecular flexibility index (Phi) is 10.1. The maximum atomic E-state index is 11.7. The molecule has 1 aromatic carbocycles. The van der Waals surface area contributed by atoms with E-state index >= 15 is 0 Å². The number of rotatable bonds is 11. The van der Waals surface area contributed by atoms with E-state index in [2.05, 4.69) is 25.1 Å². The van der Waals surface area contributed by atoms with Crippen LogP contribution in [0.15, 0.2) is 18.2 Å². The molecule has 0 aliphatic rings. The van der Waals surface area contributed by atoms with Crippen molar-refractivity contribution in [1.82, 2.24) is 0 Å². The zero-order valence-electron chi connectivity index (χ0n) is 15.2. The molecule has 1 aromatic rings. The average Bonchev–Trinajstić information content (AvgIpc) is 2.57. The molecule has 0 saturated carbocycles. The molecule has 0 heterocycles. The summed E-state index contributed by atoms with van der Waals surface area (Å²) < 4.78 is 10.1. The van der Waals surface area contributed by atoms with E-state index < -0.39 is 0 Å². The predicted octanol–water partition coefficient (Wildman–Crippen LogP) is 2.30. The highest BCUT2D eigenvalue weighted by Gasteiger charge is 2.13. The third-order valence-electron chi connectivity index (χ3n) is 3.96. The first-order valence-electron chi connectivity index (χ1n) is 9.03. The minimum Gasteiger partial charge on any atom is -0.466 e. The van der Waals surface area contributed by atoms with E-state index in [1.165, 1.54) is 28.8 Å². The van der Waals surface area contributed by atoms with E-state index in [1.54, 1.807) is 0 Å². The summed E-state index contributed by atoms with van der Waals surface area (Å²) >= 11 is 0. The van der Waals surface area contributed by atoms with Crippen LogP contribution in [0, 0.1) is 0 Å². The van der Waals surface area contributed by atoms with Crippen LogP contribution < -0.4 is 5.19 Å². The first-order chi connectivity index (χ1) is 11.6. The molecule has 0 spiro atoms. The fourth-order valence-corrected chi connectivity index (χ4v) is 4.52. The van der Waals surface area contributed by atoms with Crippen LogP contribution in [0.1, 0.15) is 51.2 Å². The van der Waals surface area contributed by atoms with Gasteiger partial charge in [-0.15, -0.1) is 0 Å². The number of benzene rings is 1. The van der Waals surface area contributed by atoms with Gasteiger partial charge in [-0.2, -0.15) is 0 Å². The zero-order valence-corrected chi connectivity index (χ0v) is 16.6. The summed E-state index contributed by atoms with van der Waals surface area (Å²) in [6, 6.07) is 7.60. The van der Waals surface area contributed by atoms with Gasteiger partial charge >= 0.3 is 11.9 Å². The molecule has 0 radical (unpaired) electrons. The lowest BCUT2D eigenvalue weighted by molar-refractivity contribution is -0.144. The molecule has 1 rings (SSSR count). The van der Waals surface area contributed by atoms with E-state index in [-0.39, 0.29) is 21.5 Å². The molecule has 0 aliphatic heterocycles. The molecule has 0 aliphatic carbocycles. The highest BCUT2D eigenvalue weighted by Crippen LogP contribution is 2.13. The van der Waals surface area contributed by atoms with Crippen LogP contribution in [-0.2, 0) is 31.9 Å². The van der Waals surface area contributed by atoms with E-state index in [0.717, 1.165) is 0 Å². The van der Waals surface area contributed by atoms with Crippen molar-refractivity contribution in [2.45, 2.75) is 58.9 Å². The number of carbonyl (C=O) groups excluding carboxylic acids is 2. The fraction of sp³-hybridized carbons (Fsp3) is 0.579. The van der Waals surface area contributed by atoms with E-state index in [1.807, 2.05) is 13.8 Å². The number of hydrogen-bond donors (Lipinski definition) is 0. The number of hydrogen-bond acceptors (Lipinski definition) is 4. The Morgan fingerprint density at radius 1 is 0.958 bits per heavy atom. The van der Waals surface area contributed by atoms with Gasteiger partial charge in [0.25, 0.3) is 0 Å². The van der Waals surface area contributed by atoms with E-state index in [0.29, 0.717) is 38.9 Å². The van der Waals surface area contributed by atoms with Crippen molar-refractivity contribution in [2.24, 2.45) is 0 Å². The summed E-state index contributed by atoms with van der Waals surface area (Å²) in [7, 11) is -0.332. The summed E-state index contributed by atoms with van der Waals surface area (Å²) in [5, 5.41) is 1.42. The highest BCUT2D eigenvalue weighted by molar-refractivity contribution is 6.54. The van der Waals surface area contributed by atoms with Crippen molar-refractivity contribution in [3.8, 4) is 0 Å². The maximum absolute atomic E-state index is 11.7. The second-order valence-corrected chi connectivity index (χ2v) is 7.74. The van der Waals surface area contributed by atoms with Crippen molar-refractivity contribution in [3.63, 3.8) is 0 Å². The molecule has 0 atom stereocenters. The second kappa shape index (κ2) is 11.8. The van der Waals surface area contributed by atoms with Gasteiger partial charge in [-0.1, -0.05) is 42.8 Å². The molecule has 0 N–H and O–H groups in total. The molecular formula is C19H30O4Si. The van der Waals surface area contributed by atoms with Gasteiger partial charge in [0.2, 0.25) is 0 Å². The minimum absolute atomic E-state index is 0.152. The molecule has 0 unspecified atom stereocenters. The standard InChI is InChI=1S/C19H30O4Si/c1-4-14-24-17-9-7-8-15(10-12-18(20)22-5-2)16(17)11-13-19(21)23-6-3/h7-9H,4-6,10-14,24H2,1-3H3. The minimum atomic E-state index is -0.332. The summed E-state index contributed by atoms with van der Waals surface area (Å²) in [5.74, 6) is -0.314. The van der Waals surface area contributed by atoms with Gasteiger partial charge in [0.15, 0.2) is 0 Å². The molecule has 0 bridgehead atoms. The van der Waals surface area contributed by atoms with Gasteiger partial charge in [-0.3, -0.25) is 9.59 Å². The Bertz CT molecular complexity index is 528. The van der Waals surface area contributed by atoms with Crippen molar-refractivity contribution in [1.29, 1.82) is 0 Å². The number of esters is 2. The Hall–Kier alpha value is -1.62. The van der Waals surface area contributed by atoms with Crippen LogP contribution in [0.25, 0.3) is 0 Å². The largest absolute Gasteiger partial charge is 0.466 e. The van der Waals surface area contributed by atoms with Gasteiger partial charge in [0.05, 0.1) is 22.7 Å². The van der Waals surface area contributed by atoms with Crippen LogP contribution in [0.5, 0.6) is 0 Å². The Labute approximate surface area is 147 Å². The Morgan fingerprint density at radius 3 is 2.17 bits per heavy atom. The van der Waals surface area contributed by atoms with Crippen molar-refractivity contribution >= 4 is 26.6 Å². The topological polar surface area (TPSA) is 52.6 Å². The summed E-state index contributed by atoms with van der Waals surface area (Å²) in [6.07, 6.45) is 3.35. The highest BCUT2D eigenvalue weighted by atomic mass is 28.2. The summed E-state index contributed by atoms with van der Waals surface area (Å²) in [4.78, 5) is 23.4. The summed E-state index contributed by atoms with van der Waals surface area (Å²) in [6.45, 7) is 6.68. The molecule has 24 heavy (non-hydrogen) atoms. The predicted molar refractivity (Wildman–Crippen MR) is 99.6 cm³/mol. The van der Waals surface area contributed by atoms with Crippen LogP contribution in [0.2, 0.25) is 6.04 Å². The van der Waals surface area contributed by atoms with Gasteiger partial charge in [0, 0.05) is 12.8 Å². The lowest BCUT2D eigenvalue weighted by Gasteiger charge is -2.15. The van der Waals surface area contributed by atoms with Gasteiger partial charge in [-0.25, -0.2) is 0 Å². The second-order valence-electron chi connectivity index (χ2n) is 5.77. The van der Waals surface area contributed by atoms with E-state index in [4.69, 9.17) is 9.47 Å². The van der Waals surface area contributed by atoms with Crippen molar-refractivity contribution in [2.75, 3.05) is 13.2 Å². The van der Waals surface area contributed by atoms with Gasteiger partial charge in [-0.05, 0) is 37.8 Å². The number of aryl methyl sites for hydroxylation is 1. The van der Waals surface area contributed by atoms with Crippen molar-refractivity contribution < 1.29 is 19.1 Å². The first kappa shape index (κ1) is 20.4. The lowest BCUT2D eigenvalue weighted by atomic mass is 9.99. The fourth-order valence-electron chi connectivity index (χ4n) is 2.77. The third-order valence-corrected chi connectivity index (χ3v) is 6.22. The molecule has 4 nitrogen and oxygen atoms in total. The average molecular weight is 351 g/mol. The van der Waals surface area contributed by atoms with Gasteiger partial charge in [0.1, 0.15) is 0 Å². The lowest BCUT2D eigenvalue weighted by Crippen LogP contribution is -2.22. The first-order valence-corrected chi connectivity index (χ1v) is 10.7. The molecule has 5 heteroatoms. The third kappa shape index (κ3) is 7.30. The molecule has 134 valence electrons. The van der Waals surface area contributed by atoms with Gasteiger partial charge < -0.3 is 9.47 Å². The van der Waals surface area contributed by atoms with E-state index in [9.17, 15) is 9.59 Å². The molecular weight excluding hydrogens is 320 g/mol. The monoisotopic (exact) mass is 350 g/mol. The van der Waals surface area contributed by atoms with Crippen LogP contribution >= 0.6 is 0 Å². The molecule has 0 aromatic heterocycles. The summed E-state index contributed by atoms with van der Waals surface area (Å²) in [5.41, 5.74) is 2.43. The normalized spacial score (nSPS) is 11.0. The number of carbonyl (C=O) groups is 2. The SMILES string of the molecule is CCC[SiH2]c1cccc(CCC(=O)OCC)c1CCC(=O)OCC. The Balaban J connectivity index is 2.86. The molecule has 0 amide bonds. The number of ether oxygens (including phenoxy) is 2. The Morgan fingerprint density at radius 2 is 1.58 bits per heavy atom. The smallest absolute Gasteiger partial charge is 0.306 e. The van der Waals surface area contributed by atoms with Crippen molar-refractivity contribution in [3.05, 3.63) is 29.3 Å². The van der Waals surface area contributed by atoms with Crippen LogP contribution in [0.3, 0.4) is 0 Å². The zero-order chi connectivity index (χ0) is 17.8. The van der Waals surface area contributed by atoms with Crippen LogP contribution in [-0.4, -0.2) is 34.7 Å². The molecule has 0 saturated heterocycles.